The van der Waals surface area contributed by atoms with Gasteiger partial charge in [0, 0.05) is 22.5 Å². The van der Waals surface area contributed by atoms with Gasteiger partial charge in [-0.05, 0) is 25.2 Å². The molecular formula is C22H32O. The van der Waals surface area contributed by atoms with Crippen LogP contribution in [0.1, 0.15) is 64.2 Å². The van der Waals surface area contributed by atoms with Gasteiger partial charge in [0.1, 0.15) is 5.75 Å². The Morgan fingerprint density at radius 3 is 1.91 bits per heavy atom. The number of allylic oxidation sites excluding steroid dienone is 4. The van der Waals surface area contributed by atoms with Gasteiger partial charge in [0.15, 0.2) is 0 Å². The van der Waals surface area contributed by atoms with Crippen LogP contribution in [-0.2, 0) is 10.8 Å². The van der Waals surface area contributed by atoms with Crippen molar-refractivity contribution in [2.45, 2.75) is 65.2 Å². The molecule has 1 aliphatic rings. The zero-order valence-corrected chi connectivity index (χ0v) is 15.9. The van der Waals surface area contributed by atoms with E-state index in [9.17, 15) is 0 Å². The van der Waals surface area contributed by atoms with E-state index < -0.39 is 0 Å². The van der Waals surface area contributed by atoms with Crippen LogP contribution in [-0.4, -0.2) is 7.11 Å². The van der Waals surface area contributed by atoms with Crippen molar-refractivity contribution in [3.8, 4) is 5.75 Å². The largest absolute Gasteiger partial charge is 0.496 e. The molecule has 0 amide bonds. The number of ether oxygens (including phenoxy) is 1. The van der Waals surface area contributed by atoms with Crippen LogP contribution in [0.5, 0.6) is 5.75 Å². The number of benzene rings is 1. The maximum Gasteiger partial charge on any atom is 0.126 e. The van der Waals surface area contributed by atoms with Gasteiger partial charge < -0.3 is 4.74 Å². The molecule has 23 heavy (non-hydrogen) atoms. The fraction of sp³-hybridized carbons (Fsp3) is 0.545. The van der Waals surface area contributed by atoms with Gasteiger partial charge in [0.05, 0.1) is 7.11 Å². The van der Waals surface area contributed by atoms with Crippen molar-refractivity contribution < 1.29 is 4.74 Å². The molecule has 0 radical (unpaired) electrons. The van der Waals surface area contributed by atoms with Gasteiger partial charge in [-0.1, -0.05) is 76.6 Å². The second-order valence-corrected chi connectivity index (χ2v) is 7.80. The molecule has 1 aromatic rings. The molecule has 0 aromatic heterocycles. The number of aryl methyl sites for hydroxylation is 1. The summed E-state index contributed by atoms with van der Waals surface area (Å²) in [7, 11) is 1.82. The summed E-state index contributed by atoms with van der Waals surface area (Å²) in [5.41, 5.74) is 4.17. The molecule has 0 heterocycles. The smallest absolute Gasteiger partial charge is 0.126 e. The Morgan fingerprint density at radius 1 is 0.957 bits per heavy atom. The molecule has 1 nitrogen and oxygen atoms in total. The molecule has 0 spiro atoms. The highest BCUT2D eigenvalue weighted by Crippen LogP contribution is 2.48. The van der Waals surface area contributed by atoms with Gasteiger partial charge in [0.2, 0.25) is 0 Å². The average Bonchev–Trinajstić information content (AvgIpc) is 3.02. The number of hydrogen-bond donors (Lipinski definition) is 0. The van der Waals surface area contributed by atoms with Crippen molar-refractivity contribution in [3.63, 3.8) is 0 Å². The quantitative estimate of drug-likeness (QED) is 0.638. The molecule has 0 unspecified atom stereocenters. The summed E-state index contributed by atoms with van der Waals surface area (Å²) < 4.78 is 5.98. The van der Waals surface area contributed by atoms with E-state index in [1.165, 1.54) is 16.7 Å². The maximum atomic E-state index is 5.98. The summed E-state index contributed by atoms with van der Waals surface area (Å²) in [5.74, 6) is 1.53. The van der Waals surface area contributed by atoms with Crippen molar-refractivity contribution in [1.29, 1.82) is 0 Å². The summed E-state index contributed by atoms with van der Waals surface area (Å²) in [6, 6.07) is 4.64. The number of methoxy groups -OCH3 is 1. The standard InChI is InChI=1S/C22H32O/c1-8-22(9-2,17-12-10-11-13-17)19-15-16(3)14-18(20(19)23-7)21(4,5)6/h10-15,17H,8-9H2,1-7H3. The van der Waals surface area contributed by atoms with Gasteiger partial charge in [0.25, 0.3) is 0 Å². The Hall–Kier alpha value is -1.50. The zero-order valence-electron chi connectivity index (χ0n) is 15.9. The predicted molar refractivity (Wildman–Crippen MR) is 100 cm³/mol. The first-order valence-corrected chi connectivity index (χ1v) is 8.84. The fourth-order valence-corrected chi connectivity index (χ4v) is 4.00. The van der Waals surface area contributed by atoms with Crippen molar-refractivity contribution in [3.05, 3.63) is 53.1 Å². The predicted octanol–water partition coefficient (Wildman–Crippen LogP) is 6.10. The molecule has 1 aliphatic carbocycles. The zero-order chi connectivity index (χ0) is 17.3. The SMILES string of the molecule is CCC(CC)(c1cc(C)cc(C(C)(C)C)c1OC)C1C=CC=C1. The lowest BCUT2D eigenvalue weighted by molar-refractivity contribution is 0.311. The number of rotatable bonds is 5. The van der Waals surface area contributed by atoms with Crippen LogP contribution in [0.15, 0.2) is 36.4 Å². The highest BCUT2D eigenvalue weighted by molar-refractivity contribution is 5.52. The third-order valence-electron chi connectivity index (χ3n) is 5.43. The Bertz CT molecular complexity index is 598. The van der Waals surface area contributed by atoms with Gasteiger partial charge in [-0.15, -0.1) is 0 Å². The Balaban J connectivity index is 2.75. The van der Waals surface area contributed by atoms with Gasteiger partial charge in [-0.2, -0.15) is 0 Å². The van der Waals surface area contributed by atoms with Gasteiger partial charge in [-0.3, -0.25) is 0 Å². The lowest BCUT2D eigenvalue weighted by Gasteiger charge is -2.39. The fourth-order valence-electron chi connectivity index (χ4n) is 4.00. The number of hydrogen-bond acceptors (Lipinski definition) is 1. The topological polar surface area (TPSA) is 9.23 Å². The van der Waals surface area contributed by atoms with E-state index in [1.807, 2.05) is 7.11 Å². The molecule has 0 atom stereocenters. The molecule has 0 saturated heterocycles. The van der Waals surface area contributed by atoms with Crippen LogP contribution in [0.4, 0.5) is 0 Å². The Kier molecular flexibility index (Phi) is 5.08. The molecule has 0 aliphatic heterocycles. The molecule has 0 bridgehead atoms. The monoisotopic (exact) mass is 312 g/mol. The molecule has 0 fully saturated rings. The van der Waals surface area contributed by atoms with Crippen molar-refractivity contribution in [2.24, 2.45) is 5.92 Å². The first-order valence-electron chi connectivity index (χ1n) is 8.84. The minimum Gasteiger partial charge on any atom is -0.496 e. The summed E-state index contributed by atoms with van der Waals surface area (Å²) in [6.45, 7) is 13.6. The van der Waals surface area contributed by atoms with Crippen LogP contribution >= 0.6 is 0 Å². The molecular weight excluding hydrogens is 280 g/mol. The van der Waals surface area contributed by atoms with E-state index in [0.717, 1.165) is 18.6 Å². The van der Waals surface area contributed by atoms with Crippen LogP contribution in [0.25, 0.3) is 0 Å². The molecule has 2 rings (SSSR count). The summed E-state index contributed by atoms with van der Waals surface area (Å²) in [6.07, 6.45) is 11.2. The maximum absolute atomic E-state index is 5.98. The molecule has 1 heteroatoms. The molecule has 1 aromatic carbocycles. The summed E-state index contributed by atoms with van der Waals surface area (Å²) in [4.78, 5) is 0. The van der Waals surface area contributed by atoms with Gasteiger partial charge in [-0.25, -0.2) is 0 Å². The highest BCUT2D eigenvalue weighted by Gasteiger charge is 2.39. The minimum atomic E-state index is 0.0701. The van der Waals surface area contributed by atoms with E-state index in [4.69, 9.17) is 4.74 Å². The summed E-state index contributed by atoms with van der Waals surface area (Å²) in [5, 5.41) is 0. The van der Waals surface area contributed by atoms with Crippen LogP contribution in [0.2, 0.25) is 0 Å². The van der Waals surface area contributed by atoms with E-state index in [2.05, 4.69) is 78.0 Å². The second kappa shape index (κ2) is 6.55. The minimum absolute atomic E-state index is 0.0701. The second-order valence-electron chi connectivity index (χ2n) is 7.80. The van der Waals surface area contributed by atoms with Gasteiger partial charge >= 0.3 is 0 Å². The van der Waals surface area contributed by atoms with Crippen LogP contribution < -0.4 is 4.74 Å². The highest BCUT2D eigenvalue weighted by atomic mass is 16.5. The first-order chi connectivity index (χ1) is 10.8. The summed E-state index contributed by atoms with van der Waals surface area (Å²) >= 11 is 0. The normalized spacial score (nSPS) is 15.4. The Morgan fingerprint density at radius 2 is 1.48 bits per heavy atom. The molecule has 126 valence electrons. The third kappa shape index (κ3) is 3.11. The van der Waals surface area contributed by atoms with Crippen LogP contribution in [0.3, 0.4) is 0 Å². The van der Waals surface area contributed by atoms with E-state index in [-0.39, 0.29) is 10.8 Å². The van der Waals surface area contributed by atoms with E-state index in [1.54, 1.807) is 0 Å². The Labute approximate surface area is 142 Å². The van der Waals surface area contributed by atoms with E-state index >= 15 is 0 Å². The lowest BCUT2D eigenvalue weighted by Crippen LogP contribution is -2.33. The first kappa shape index (κ1) is 17.8. The van der Waals surface area contributed by atoms with Crippen molar-refractivity contribution >= 4 is 0 Å². The average molecular weight is 312 g/mol. The molecule has 0 N–H and O–H groups in total. The van der Waals surface area contributed by atoms with Crippen LogP contribution in [0, 0.1) is 12.8 Å². The lowest BCUT2D eigenvalue weighted by atomic mass is 9.65. The van der Waals surface area contributed by atoms with Crippen molar-refractivity contribution in [2.75, 3.05) is 7.11 Å². The van der Waals surface area contributed by atoms with Crippen molar-refractivity contribution in [1.82, 2.24) is 0 Å². The third-order valence-corrected chi connectivity index (χ3v) is 5.43. The molecule has 0 saturated carbocycles. The van der Waals surface area contributed by atoms with E-state index in [0.29, 0.717) is 5.92 Å².